The van der Waals surface area contributed by atoms with Crippen molar-refractivity contribution in [1.29, 1.82) is 0 Å². The summed E-state index contributed by atoms with van der Waals surface area (Å²) in [6.07, 6.45) is 0.982. The highest BCUT2D eigenvalue weighted by Crippen LogP contribution is 1.93. The summed E-state index contributed by atoms with van der Waals surface area (Å²) >= 11 is 0. The molecule has 0 N–H and O–H groups in total. The highest BCUT2D eigenvalue weighted by atomic mass is 32.3. The summed E-state index contributed by atoms with van der Waals surface area (Å²) in [6.45, 7) is -0.422. The van der Waals surface area contributed by atoms with Crippen LogP contribution in [0.15, 0.2) is 0 Å². The topological polar surface area (TPSA) is 86.7 Å². The lowest BCUT2D eigenvalue weighted by atomic mass is 10.9. The van der Waals surface area contributed by atoms with Crippen molar-refractivity contribution in [3.05, 3.63) is 0 Å². The van der Waals surface area contributed by atoms with Gasteiger partial charge in [-0.1, -0.05) is 0 Å². The van der Waals surface area contributed by atoms with E-state index in [4.69, 9.17) is 0 Å². The van der Waals surface area contributed by atoms with E-state index in [-0.39, 0.29) is 5.75 Å². The molecule has 0 bridgehead atoms. The lowest BCUT2D eigenvalue weighted by molar-refractivity contribution is 0.255. The van der Waals surface area contributed by atoms with Crippen molar-refractivity contribution >= 4 is 20.2 Å². The van der Waals surface area contributed by atoms with Crippen LogP contribution < -0.4 is 0 Å². The van der Waals surface area contributed by atoms with E-state index in [1.165, 1.54) is 0 Å². The van der Waals surface area contributed by atoms with Crippen LogP contribution in [0.3, 0.4) is 0 Å². The van der Waals surface area contributed by atoms with Gasteiger partial charge >= 0.3 is 10.4 Å². The van der Waals surface area contributed by atoms with Gasteiger partial charge in [0.25, 0.3) is 0 Å². The van der Waals surface area contributed by atoms with Crippen LogP contribution >= 0.6 is 0 Å². The minimum absolute atomic E-state index is 0.352. The Bertz CT molecular complexity index is 311. The minimum Gasteiger partial charge on any atom is -0.252 e. The summed E-state index contributed by atoms with van der Waals surface area (Å²) in [5.74, 6) is -0.352. The zero-order chi connectivity index (χ0) is 9.83. The second-order valence-electron chi connectivity index (χ2n) is 2.03. The van der Waals surface area contributed by atoms with Gasteiger partial charge in [0.1, 0.15) is 9.84 Å². The highest BCUT2D eigenvalue weighted by molar-refractivity contribution is 7.90. The van der Waals surface area contributed by atoms with E-state index in [9.17, 15) is 16.8 Å². The summed E-state index contributed by atoms with van der Waals surface area (Å²) in [4.78, 5) is 0. The third-order valence-corrected chi connectivity index (χ3v) is 2.66. The van der Waals surface area contributed by atoms with Crippen LogP contribution in [-0.4, -0.2) is 42.6 Å². The molecule has 8 heteroatoms. The van der Waals surface area contributed by atoms with Crippen molar-refractivity contribution in [2.75, 3.05) is 25.7 Å². The third-order valence-electron chi connectivity index (χ3n) is 0.886. The first kappa shape index (κ1) is 11.8. The quantitative estimate of drug-likeness (QED) is 0.584. The Morgan fingerprint density at radius 3 is 2.00 bits per heavy atom. The predicted molar refractivity (Wildman–Crippen MR) is 41.6 cm³/mol. The summed E-state index contributed by atoms with van der Waals surface area (Å²) in [6, 6.07) is 0. The van der Waals surface area contributed by atoms with Crippen LogP contribution in [0.5, 0.6) is 0 Å². The van der Waals surface area contributed by atoms with Crippen LogP contribution in [-0.2, 0) is 28.6 Å². The lowest BCUT2D eigenvalue weighted by Crippen LogP contribution is -2.15. The van der Waals surface area contributed by atoms with Gasteiger partial charge in [-0.15, -0.1) is 0 Å². The fraction of sp³-hybridized carbons (Fsp3) is 1.00. The maximum Gasteiger partial charge on any atom is 0.399 e. The molecule has 0 saturated carbocycles. The van der Waals surface area contributed by atoms with Crippen LogP contribution in [0.2, 0.25) is 0 Å². The Labute approximate surface area is 71.7 Å². The molecule has 0 fully saturated rings. The Balaban J connectivity index is 3.89. The van der Waals surface area contributed by atoms with Crippen molar-refractivity contribution in [1.82, 2.24) is 0 Å². The minimum atomic E-state index is -4.01. The van der Waals surface area contributed by atoms with Gasteiger partial charge in [0.2, 0.25) is 0 Å². The van der Waals surface area contributed by atoms with E-state index in [0.717, 1.165) is 13.4 Å². The third kappa shape index (κ3) is 6.53. The average Bonchev–Trinajstić information content (AvgIpc) is 1.84. The number of hydrogen-bond donors (Lipinski definition) is 0. The first-order valence-electron chi connectivity index (χ1n) is 2.89. The van der Waals surface area contributed by atoms with Crippen molar-refractivity contribution in [3.8, 4) is 0 Å². The fourth-order valence-corrected chi connectivity index (χ4v) is 1.21. The van der Waals surface area contributed by atoms with Gasteiger partial charge in [0.15, 0.2) is 0 Å². The van der Waals surface area contributed by atoms with Crippen molar-refractivity contribution in [2.24, 2.45) is 0 Å². The molecular weight excluding hydrogens is 208 g/mol. The predicted octanol–water partition coefficient (Wildman–Crippen LogP) is -1.06. The van der Waals surface area contributed by atoms with Gasteiger partial charge in [-0.05, 0) is 0 Å². The molecular formula is C4H10O6S2. The number of rotatable bonds is 5. The zero-order valence-electron chi connectivity index (χ0n) is 6.68. The molecule has 6 nitrogen and oxygen atoms in total. The van der Waals surface area contributed by atoms with Gasteiger partial charge in [-0.2, -0.15) is 8.42 Å². The second kappa shape index (κ2) is 4.17. The van der Waals surface area contributed by atoms with E-state index < -0.39 is 26.8 Å². The van der Waals surface area contributed by atoms with E-state index in [1.807, 2.05) is 0 Å². The van der Waals surface area contributed by atoms with Gasteiger partial charge < -0.3 is 0 Å². The molecule has 0 unspecified atom stereocenters. The molecule has 0 atom stereocenters. The van der Waals surface area contributed by atoms with Crippen molar-refractivity contribution in [3.63, 3.8) is 0 Å². The molecule has 0 aliphatic carbocycles. The largest absolute Gasteiger partial charge is 0.399 e. The number of sulfone groups is 1. The average molecular weight is 218 g/mol. The second-order valence-corrected chi connectivity index (χ2v) is 5.67. The SMILES string of the molecule is COS(=O)(=O)OCCS(C)(=O)=O. The number of hydrogen-bond acceptors (Lipinski definition) is 6. The molecule has 0 aliphatic heterocycles. The van der Waals surface area contributed by atoms with Crippen LogP contribution in [0.4, 0.5) is 0 Å². The highest BCUT2D eigenvalue weighted by Gasteiger charge is 2.10. The molecule has 0 spiro atoms. The lowest BCUT2D eigenvalue weighted by Gasteiger charge is -2.00. The van der Waals surface area contributed by atoms with E-state index in [0.29, 0.717) is 0 Å². The molecule has 0 aromatic carbocycles. The summed E-state index contributed by atoms with van der Waals surface area (Å²) in [5, 5.41) is 0. The maximum atomic E-state index is 10.5. The van der Waals surface area contributed by atoms with Crippen LogP contribution in [0.25, 0.3) is 0 Å². The molecule has 0 aliphatic rings. The monoisotopic (exact) mass is 218 g/mol. The Hall–Kier alpha value is -0.180. The Kier molecular flexibility index (Phi) is 4.11. The van der Waals surface area contributed by atoms with Crippen molar-refractivity contribution < 1.29 is 25.2 Å². The smallest absolute Gasteiger partial charge is 0.252 e. The molecule has 0 saturated heterocycles. The van der Waals surface area contributed by atoms with E-state index >= 15 is 0 Å². The van der Waals surface area contributed by atoms with E-state index in [1.54, 1.807) is 0 Å². The van der Waals surface area contributed by atoms with Crippen LogP contribution in [0, 0.1) is 0 Å². The summed E-state index contributed by atoms with van der Waals surface area (Å²) in [7, 11) is -6.28. The summed E-state index contributed by atoms with van der Waals surface area (Å²) < 4.78 is 49.9. The Morgan fingerprint density at radius 2 is 1.67 bits per heavy atom. The molecule has 0 radical (unpaired) electrons. The van der Waals surface area contributed by atoms with Gasteiger partial charge in [-0.3, -0.25) is 4.18 Å². The zero-order valence-corrected chi connectivity index (χ0v) is 8.31. The normalized spacial score (nSPS) is 13.2. The van der Waals surface area contributed by atoms with E-state index in [2.05, 4.69) is 8.37 Å². The molecule has 74 valence electrons. The fourth-order valence-electron chi connectivity index (χ4n) is 0.336. The van der Waals surface area contributed by atoms with Crippen molar-refractivity contribution in [2.45, 2.75) is 0 Å². The first-order chi connectivity index (χ1) is 5.27. The molecule has 0 rings (SSSR count). The molecule has 12 heavy (non-hydrogen) atoms. The summed E-state index contributed by atoms with van der Waals surface area (Å²) in [5.41, 5.74) is 0. The molecule has 0 aromatic rings. The van der Waals surface area contributed by atoms with Gasteiger partial charge in [0, 0.05) is 6.26 Å². The van der Waals surface area contributed by atoms with Gasteiger partial charge in [-0.25, -0.2) is 12.6 Å². The standard InChI is InChI=1S/C4H10O6S2/c1-9-12(7,8)10-3-4-11(2,5)6/h3-4H2,1-2H3. The molecule has 0 aromatic heterocycles. The maximum absolute atomic E-state index is 10.5. The van der Waals surface area contributed by atoms with Gasteiger partial charge in [0.05, 0.1) is 19.5 Å². The first-order valence-corrected chi connectivity index (χ1v) is 6.29. The van der Waals surface area contributed by atoms with Crippen LogP contribution in [0.1, 0.15) is 0 Å². The molecule has 0 heterocycles. The Morgan fingerprint density at radius 1 is 1.17 bits per heavy atom. The molecule has 0 amide bonds.